The smallest absolute Gasteiger partial charge is 0.0809 e. The standard InChI is InChI=1S/C35H28N4/c1-29(37-38(32-19-8-3-9-20-32)33-21-10-4-11-22-33)28-36-39(34-23-12-5-13-24-34)35-25-15-14-18-31(35)27-26-30-16-6-2-7-17-30/h2-25,28H,1H3/b36-28+,37-29+. The molecule has 0 aliphatic rings. The third-order valence-electron chi connectivity index (χ3n) is 5.87. The average molecular weight is 505 g/mol. The van der Waals surface area contributed by atoms with Gasteiger partial charge in [-0.05, 0) is 67.6 Å². The maximum absolute atomic E-state index is 4.92. The van der Waals surface area contributed by atoms with Crippen molar-refractivity contribution in [2.45, 2.75) is 6.92 Å². The van der Waals surface area contributed by atoms with Gasteiger partial charge in [0.25, 0.3) is 0 Å². The highest BCUT2D eigenvalue weighted by molar-refractivity contribution is 6.30. The van der Waals surface area contributed by atoms with Crippen molar-refractivity contribution in [2.75, 3.05) is 10.0 Å². The zero-order valence-corrected chi connectivity index (χ0v) is 21.7. The van der Waals surface area contributed by atoms with E-state index in [1.54, 1.807) is 6.21 Å². The summed E-state index contributed by atoms with van der Waals surface area (Å²) in [5.74, 6) is 6.61. The van der Waals surface area contributed by atoms with Crippen molar-refractivity contribution in [3.63, 3.8) is 0 Å². The molecule has 0 aliphatic carbocycles. The Morgan fingerprint density at radius 2 is 1.00 bits per heavy atom. The SMILES string of the molecule is CC(/C=N/N(c1ccccc1)c1ccccc1C#Cc1ccccc1)=N\N(c1ccccc1)c1ccccc1. The zero-order valence-electron chi connectivity index (χ0n) is 21.7. The number of anilines is 4. The molecule has 4 nitrogen and oxygen atoms in total. The van der Waals surface area contributed by atoms with Crippen LogP contribution in [-0.4, -0.2) is 11.9 Å². The quantitative estimate of drug-likeness (QED) is 0.127. The van der Waals surface area contributed by atoms with E-state index in [4.69, 9.17) is 10.2 Å². The third-order valence-corrected chi connectivity index (χ3v) is 5.87. The minimum absolute atomic E-state index is 0.747. The molecule has 0 spiro atoms. The number of hydrazone groups is 2. The summed E-state index contributed by atoms with van der Waals surface area (Å²) in [6, 6.07) is 48.3. The number of rotatable bonds is 7. The first-order valence-corrected chi connectivity index (χ1v) is 12.8. The van der Waals surface area contributed by atoms with Crippen LogP contribution >= 0.6 is 0 Å². The lowest BCUT2D eigenvalue weighted by Gasteiger charge is -2.21. The molecule has 0 saturated heterocycles. The summed E-state index contributed by atoms with van der Waals surface area (Å²) in [5, 5.41) is 13.7. The molecule has 5 aromatic carbocycles. The average Bonchev–Trinajstić information content (AvgIpc) is 3.01. The van der Waals surface area contributed by atoms with Gasteiger partial charge in [0, 0.05) is 5.56 Å². The number of hydrogen-bond acceptors (Lipinski definition) is 4. The monoisotopic (exact) mass is 504 g/mol. The van der Waals surface area contributed by atoms with Crippen molar-refractivity contribution in [2.24, 2.45) is 10.2 Å². The van der Waals surface area contributed by atoms with Crippen molar-refractivity contribution in [3.05, 3.63) is 157 Å². The summed E-state index contributed by atoms with van der Waals surface area (Å²) in [5.41, 5.74) is 6.35. The van der Waals surface area contributed by atoms with Crippen LogP contribution in [0.3, 0.4) is 0 Å². The molecule has 0 radical (unpaired) electrons. The molecule has 0 atom stereocenters. The molecule has 39 heavy (non-hydrogen) atoms. The largest absolute Gasteiger partial charge is 0.233 e. The summed E-state index contributed by atoms with van der Waals surface area (Å²) in [6.45, 7) is 1.95. The summed E-state index contributed by atoms with van der Waals surface area (Å²) >= 11 is 0. The van der Waals surface area contributed by atoms with E-state index in [2.05, 4.69) is 11.8 Å². The highest BCUT2D eigenvalue weighted by Gasteiger charge is 2.12. The number of para-hydroxylation sites is 4. The second kappa shape index (κ2) is 12.7. The van der Waals surface area contributed by atoms with Gasteiger partial charge >= 0.3 is 0 Å². The Labute approximate surface area is 230 Å². The molecule has 0 N–H and O–H groups in total. The van der Waals surface area contributed by atoms with Gasteiger partial charge in [0.1, 0.15) is 0 Å². The summed E-state index contributed by atoms with van der Waals surface area (Å²) in [7, 11) is 0. The van der Waals surface area contributed by atoms with Gasteiger partial charge in [0.15, 0.2) is 0 Å². The van der Waals surface area contributed by atoms with Gasteiger partial charge in [-0.1, -0.05) is 96.8 Å². The van der Waals surface area contributed by atoms with Gasteiger partial charge in [-0.2, -0.15) is 10.2 Å². The molecule has 0 aliphatic heterocycles. The van der Waals surface area contributed by atoms with E-state index in [1.807, 2.05) is 163 Å². The minimum Gasteiger partial charge on any atom is -0.233 e. The van der Waals surface area contributed by atoms with E-state index in [0.717, 1.165) is 39.6 Å². The van der Waals surface area contributed by atoms with Crippen LogP contribution in [0.25, 0.3) is 0 Å². The van der Waals surface area contributed by atoms with Crippen molar-refractivity contribution >= 4 is 34.7 Å². The Balaban J connectivity index is 1.52. The number of benzene rings is 5. The van der Waals surface area contributed by atoms with Crippen LogP contribution in [0, 0.1) is 11.8 Å². The second-order valence-electron chi connectivity index (χ2n) is 8.75. The molecule has 0 amide bonds. The molecule has 0 heterocycles. The Morgan fingerprint density at radius 1 is 0.538 bits per heavy atom. The number of hydrogen-bond donors (Lipinski definition) is 0. The van der Waals surface area contributed by atoms with Crippen LogP contribution in [0.15, 0.2) is 156 Å². The highest BCUT2D eigenvalue weighted by atomic mass is 15.5. The molecule has 5 rings (SSSR count). The normalized spacial score (nSPS) is 11.1. The van der Waals surface area contributed by atoms with E-state index in [9.17, 15) is 0 Å². The Kier molecular flexibility index (Phi) is 8.23. The van der Waals surface area contributed by atoms with Crippen LogP contribution in [0.2, 0.25) is 0 Å². The van der Waals surface area contributed by atoms with E-state index < -0.39 is 0 Å². The molecular weight excluding hydrogens is 476 g/mol. The van der Waals surface area contributed by atoms with Gasteiger partial charge in [-0.3, -0.25) is 0 Å². The molecule has 0 saturated carbocycles. The second-order valence-corrected chi connectivity index (χ2v) is 8.75. The zero-order chi connectivity index (χ0) is 26.7. The predicted octanol–water partition coefficient (Wildman–Crippen LogP) is 8.42. The maximum atomic E-state index is 4.92. The first-order valence-electron chi connectivity index (χ1n) is 12.8. The summed E-state index contributed by atoms with van der Waals surface area (Å²) in [6.07, 6.45) is 1.79. The first kappa shape index (κ1) is 25.3. The molecule has 0 aromatic heterocycles. The Hall–Kier alpha value is -5.40. The van der Waals surface area contributed by atoms with Crippen molar-refractivity contribution in [1.29, 1.82) is 0 Å². The molecule has 5 aromatic rings. The molecule has 0 bridgehead atoms. The highest BCUT2D eigenvalue weighted by Crippen LogP contribution is 2.29. The first-order chi connectivity index (χ1) is 19.3. The maximum Gasteiger partial charge on any atom is 0.0809 e. The number of nitrogens with zero attached hydrogens (tertiary/aromatic N) is 4. The molecule has 188 valence electrons. The summed E-state index contributed by atoms with van der Waals surface area (Å²) < 4.78 is 0. The fraction of sp³-hybridized carbons (Fsp3) is 0.0286. The molecular formula is C35H28N4. The molecule has 4 heteroatoms. The van der Waals surface area contributed by atoms with Crippen molar-refractivity contribution in [1.82, 2.24) is 0 Å². The lowest BCUT2D eigenvalue weighted by Crippen LogP contribution is -2.15. The predicted molar refractivity (Wildman–Crippen MR) is 164 cm³/mol. The van der Waals surface area contributed by atoms with Gasteiger partial charge in [-0.15, -0.1) is 0 Å². The Morgan fingerprint density at radius 3 is 1.56 bits per heavy atom. The van der Waals surface area contributed by atoms with Crippen molar-refractivity contribution < 1.29 is 0 Å². The fourth-order valence-electron chi connectivity index (χ4n) is 3.99. The van der Waals surface area contributed by atoms with Crippen LogP contribution in [-0.2, 0) is 0 Å². The topological polar surface area (TPSA) is 31.2 Å². The van der Waals surface area contributed by atoms with Gasteiger partial charge in [0.05, 0.1) is 40.2 Å². The molecule has 0 fully saturated rings. The van der Waals surface area contributed by atoms with E-state index in [-0.39, 0.29) is 0 Å². The van der Waals surface area contributed by atoms with Crippen molar-refractivity contribution in [3.8, 4) is 11.8 Å². The van der Waals surface area contributed by atoms with E-state index >= 15 is 0 Å². The Bertz CT molecular complexity index is 1560. The van der Waals surface area contributed by atoms with Gasteiger partial charge in [0.2, 0.25) is 0 Å². The van der Waals surface area contributed by atoms with E-state index in [0.29, 0.717) is 0 Å². The van der Waals surface area contributed by atoms with Gasteiger partial charge < -0.3 is 0 Å². The van der Waals surface area contributed by atoms with Crippen LogP contribution in [0.1, 0.15) is 18.1 Å². The lowest BCUT2D eigenvalue weighted by atomic mass is 10.1. The van der Waals surface area contributed by atoms with Gasteiger partial charge in [-0.25, -0.2) is 10.0 Å². The minimum atomic E-state index is 0.747. The van der Waals surface area contributed by atoms with Crippen LogP contribution in [0.5, 0.6) is 0 Å². The summed E-state index contributed by atoms with van der Waals surface area (Å²) in [4.78, 5) is 0. The van der Waals surface area contributed by atoms with Crippen LogP contribution in [0.4, 0.5) is 22.7 Å². The fourth-order valence-corrected chi connectivity index (χ4v) is 3.99. The third kappa shape index (κ3) is 6.68. The van der Waals surface area contributed by atoms with Crippen LogP contribution < -0.4 is 10.0 Å². The molecule has 0 unspecified atom stereocenters. The van der Waals surface area contributed by atoms with E-state index in [1.165, 1.54) is 0 Å². The lowest BCUT2D eigenvalue weighted by molar-refractivity contribution is 1.08.